The Balaban J connectivity index is 1.79. The number of aliphatic imine (C=N–C) groups is 1. The van der Waals surface area contributed by atoms with E-state index in [4.69, 9.17) is 0 Å². The second-order valence-corrected chi connectivity index (χ2v) is 7.36. The summed E-state index contributed by atoms with van der Waals surface area (Å²) in [5, 5.41) is 9.94. The van der Waals surface area contributed by atoms with Crippen LogP contribution >= 0.6 is 11.3 Å². The summed E-state index contributed by atoms with van der Waals surface area (Å²) in [5.41, 5.74) is 5.15. The number of thiazole rings is 1. The Morgan fingerprint density at radius 2 is 1.88 bits per heavy atom. The molecule has 2 rings (SSSR count). The third-order valence-electron chi connectivity index (χ3n) is 3.78. The van der Waals surface area contributed by atoms with E-state index in [1.165, 1.54) is 16.7 Å². The highest BCUT2D eigenvalue weighted by molar-refractivity contribution is 7.09. The van der Waals surface area contributed by atoms with E-state index >= 15 is 0 Å². The Morgan fingerprint density at radius 1 is 1.17 bits per heavy atom. The lowest BCUT2D eigenvalue weighted by molar-refractivity contribution is 0.778. The third-order valence-corrected chi connectivity index (χ3v) is 4.65. The fourth-order valence-corrected chi connectivity index (χ4v) is 3.49. The van der Waals surface area contributed by atoms with Gasteiger partial charge >= 0.3 is 0 Å². The third kappa shape index (κ3) is 5.64. The molecule has 0 aliphatic carbocycles. The van der Waals surface area contributed by atoms with Gasteiger partial charge in [-0.15, -0.1) is 11.3 Å². The largest absolute Gasteiger partial charge is 0.356 e. The summed E-state index contributed by atoms with van der Waals surface area (Å²) >= 11 is 1.70. The molecule has 24 heavy (non-hydrogen) atoms. The number of hydrogen-bond donors (Lipinski definition) is 2. The number of guanidine groups is 1. The van der Waals surface area contributed by atoms with E-state index in [2.05, 4.69) is 71.9 Å². The maximum absolute atomic E-state index is 4.64. The molecule has 0 radical (unpaired) electrons. The monoisotopic (exact) mass is 344 g/mol. The van der Waals surface area contributed by atoms with Gasteiger partial charge in [0.25, 0.3) is 0 Å². The van der Waals surface area contributed by atoms with E-state index in [0.717, 1.165) is 29.6 Å². The van der Waals surface area contributed by atoms with E-state index in [1.807, 2.05) is 0 Å². The maximum Gasteiger partial charge on any atom is 0.191 e. The molecule has 4 nitrogen and oxygen atoms in total. The lowest BCUT2D eigenvalue weighted by Gasteiger charge is -2.11. The minimum Gasteiger partial charge on any atom is -0.356 e. The first-order valence-electron chi connectivity index (χ1n) is 8.44. The van der Waals surface area contributed by atoms with Crippen molar-refractivity contribution in [1.29, 1.82) is 0 Å². The fraction of sp³-hybridized carbons (Fsp3) is 0.474. The van der Waals surface area contributed by atoms with Crippen LogP contribution in [0.15, 0.2) is 28.6 Å². The average molecular weight is 345 g/mol. The molecule has 0 unspecified atom stereocenters. The lowest BCUT2D eigenvalue weighted by Crippen LogP contribution is -2.37. The number of hydrogen-bond acceptors (Lipinski definition) is 3. The lowest BCUT2D eigenvalue weighted by atomic mass is 10.1. The van der Waals surface area contributed by atoms with E-state index in [1.54, 1.807) is 18.4 Å². The molecule has 130 valence electrons. The SMILES string of the molecule is CN=C(NCCc1cc(C)cc(C)c1)NCc1nc(C(C)C)cs1. The molecule has 0 spiro atoms. The number of aromatic nitrogens is 1. The summed E-state index contributed by atoms with van der Waals surface area (Å²) in [6, 6.07) is 6.69. The highest BCUT2D eigenvalue weighted by Crippen LogP contribution is 2.17. The molecule has 0 aliphatic heterocycles. The quantitative estimate of drug-likeness (QED) is 0.619. The van der Waals surface area contributed by atoms with Gasteiger partial charge in [0, 0.05) is 19.0 Å². The van der Waals surface area contributed by atoms with Gasteiger partial charge in [0.2, 0.25) is 0 Å². The molecular weight excluding hydrogens is 316 g/mol. The van der Waals surface area contributed by atoms with Crippen LogP contribution in [0.25, 0.3) is 0 Å². The predicted octanol–water partition coefficient (Wildman–Crippen LogP) is 3.79. The van der Waals surface area contributed by atoms with Crippen molar-refractivity contribution in [3.63, 3.8) is 0 Å². The van der Waals surface area contributed by atoms with Crippen LogP contribution in [-0.2, 0) is 13.0 Å². The molecule has 0 aliphatic rings. The molecule has 0 amide bonds. The summed E-state index contributed by atoms with van der Waals surface area (Å²) in [4.78, 5) is 8.92. The summed E-state index contributed by atoms with van der Waals surface area (Å²) in [7, 11) is 1.80. The highest BCUT2D eigenvalue weighted by atomic mass is 32.1. The smallest absolute Gasteiger partial charge is 0.191 e. The zero-order valence-corrected chi connectivity index (χ0v) is 16.1. The van der Waals surface area contributed by atoms with Crippen molar-refractivity contribution >= 4 is 17.3 Å². The standard InChI is InChI=1S/C19H28N4S/c1-13(2)17-12-24-18(23-17)11-22-19(20-5)21-7-6-16-9-14(3)8-15(4)10-16/h8-10,12-13H,6-7,11H2,1-5H3,(H2,20,21,22). The summed E-state index contributed by atoms with van der Waals surface area (Å²) in [6.45, 7) is 10.2. The second kappa shape index (κ2) is 8.83. The number of rotatable bonds is 6. The minimum absolute atomic E-state index is 0.477. The molecule has 5 heteroatoms. The molecule has 0 saturated heterocycles. The van der Waals surface area contributed by atoms with E-state index < -0.39 is 0 Å². The van der Waals surface area contributed by atoms with Gasteiger partial charge in [0.15, 0.2) is 5.96 Å². The minimum atomic E-state index is 0.477. The predicted molar refractivity (Wildman–Crippen MR) is 104 cm³/mol. The zero-order valence-electron chi connectivity index (χ0n) is 15.3. The van der Waals surface area contributed by atoms with Crippen LogP contribution in [0.1, 0.15) is 47.2 Å². The molecule has 0 atom stereocenters. The first-order valence-corrected chi connectivity index (χ1v) is 9.32. The van der Waals surface area contributed by atoms with Crippen molar-refractivity contribution in [3.8, 4) is 0 Å². The molecule has 1 heterocycles. The molecule has 1 aromatic heterocycles. The van der Waals surface area contributed by atoms with Crippen molar-refractivity contribution < 1.29 is 0 Å². The molecule has 0 bridgehead atoms. The number of benzene rings is 1. The van der Waals surface area contributed by atoms with Crippen LogP contribution in [0.5, 0.6) is 0 Å². The van der Waals surface area contributed by atoms with Gasteiger partial charge in [-0.1, -0.05) is 43.2 Å². The summed E-state index contributed by atoms with van der Waals surface area (Å²) in [5.74, 6) is 1.30. The molecule has 0 saturated carbocycles. The average Bonchev–Trinajstić information content (AvgIpc) is 2.99. The van der Waals surface area contributed by atoms with Crippen LogP contribution in [0.4, 0.5) is 0 Å². The Hall–Kier alpha value is -1.88. The number of nitrogens with zero attached hydrogens (tertiary/aromatic N) is 2. The van der Waals surface area contributed by atoms with Crippen molar-refractivity contribution in [2.24, 2.45) is 4.99 Å². The van der Waals surface area contributed by atoms with Gasteiger partial charge in [-0.25, -0.2) is 4.98 Å². The normalized spacial score (nSPS) is 11.8. The Labute approximate surface area is 149 Å². The van der Waals surface area contributed by atoms with Crippen LogP contribution in [-0.4, -0.2) is 24.5 Å². The summed E-state index contributed by atoms with van der Waals surface area (Å²) < 4.78 is 0. The van der Waals surface area contributed by atoms with Crippen molar-refractivity contribution in [2.45, 2.75) is 46.6 Å². The van der Waals surface area contributed by atoms with Crippen molar-refractivity contribution in [1.82, 2.24) is 15.6 Å². The first kappa shape index (κ1) is 18.5. The molecule has 2 N–H and O–H groups in total. The van der Waals surface area contributed by atoms with Crippen LogP contribution < -0.4 is 10.6 Å². The second-order valence-electron chi connectivity index (χ2n) is 6.42. The van der Waals surface area contributed by atoms with Crippen LogP contribution in [0.2, 0.25) is 0 Å². The molecule has 2 aromatic rings. The van der Waals surface area contributed by atoms with E-state index in [0.29, 0.717) is 12.5 Å². The number of aryl methyl sites for hydroxylation is 2. The van der Waals surface area contributed by atoms with E-state index in [9.17, 15) is 0 Å². The van der Waals surface area contributed by atoms with Crippen LogP contribution in [0, 0.1) is 13.8 Å². The zero-order chi connectivity index (χ0) is 17.5. The summed E-state index contributed by atoms with van der Waals surface area (Å²) in [6.07, 6.45) is 0.984. The Kier molecular flexibility index (Phi) is 6.79. The molecule has 0 fully saturated rings. The highest BCUT2D eigenvalue weighted by Gasteiger charge is 2.06. The molecule has 1 aromatic carbocycles. The van der Waals surface area contributed by atoms with Crippen molar-refractivity contribution in [3.05, 3.63) is 51.0 Å². The Morgan fingerprint density at radius 3 is 2.46 bits per heavy atom. The topological polar surface area (TPSA) is 49.3 Å². The molecular formula is C19H28N4S. The van der Waals surface area contributed by atoms with Gasteiger partial charge < -0.3 is 10.6 Å². The fourth-order valence-electron chi connectivity index (χ4n) is 2.59. The maximum atomic E-state index is 4.64. The Bertz CT molecular complexity index is 668. The van der Waals surface area contributed by atoms with E-state index in [-0.39, 0.29) is 0 Å². The van der Waals surface area contributed by atoms with Gasteiger partial charge in [0.05, 0.1) is 12.2 Å². The van der Waals surface area contributed by atoms with Gasteiger partial charge in [-0.05, 0) is 31.7 Å². The van der Waals surface area contributed by atoms with Gasteiger partial charge in [-0.3, -0.25) is 4.99 Å². The van der Waals surface area contributed by atoms with Gasteiger partial charge in [-0.2, -0.15) is 0 Å². The number of nitrogens with one attached hydrogen (secondary N) is 2. The van der Waals surface area contributed by atoms with Crippen molar-refractivity contribution in [2.75, 3.05) is 13.6 Å². The first-order chi connectivity index (χ1) is 11.5. The van der Waals surface area contributed by atoms with Gasteiger partial charge in [0.1, 0.15) is 5.01 Å². The van der Waals surface area contributed by atoms with Crippen LogP contribution in [0.3, 0.4) is 0 Å².